The second-order valence-electron chi connectivity index (χ2n) is 7.26. The maximum Gasteiger partial charge on any atom is 0.246 e. The first-order valence-electron chi connectivity index (χ1n) is 10.2. The van der Waals surface area contributed by atoms with Crippen molar-refractivity contribution in [2.45, 2.75) is 26.4 Å². The van der Waals surface area contributed by atoms with Crippen molar-refractivity contribution in [2.24, 2.45) is 0 Å². The van der Waals surface area contributed by atoms with Gasteiger partial charge in [-0.15, -0.1) is 0 Å². The van der Waals surface area contributed by atoms with Gasteiger partial charge in [-0.05, 0) is 30.7 Å². The molecule has 1 fully saturated rings. The van der Waals surface area contributed by atoms with E-state index >= 15 is 0 Å². The van der Waals surface area contributed by atoms with Gasteiger partial charge in [-0.25, -0.2) is 4.98 Å². The second kappa shape index (κ2) is 9.05. The number of benzene rings is 1. The van der Waals surface area contributed by atoms with Gasteiger partial charge in [-0.1, -0.05) is 48.5 Å². The van der Waals surface area contributed by atoms with Crippen molar-refractivity contribution in [3.8, 4) is 11.3 Å². The summed E-state index contributed by atoms with van der Waals surface area (Å²) in [6, 6.07) is 15.7. The smallest absolute Gasteiger partial charge is 0.246 e. The summed E-state index contributed by atoms with van der Waals surface area (Å²) in [5.41, 5.74) is 4.39. The van der Waals surface area contributed by atoms with E-state index in [1.165, 1.54) is 0 Å². The highest BCUT2D eigenvalue weighted by molar-refractivity contribution is 5.91. The molecule has 0 bridgehead atoms. The van der Waals surface area contributed by atoms with Gasteiger partial charge in [-0.3, -0.25) is 4.79 Å². The molecule has 3 heterocycles. The highest BCUT2D eigenvalue weighted by atomic mass is 16.5. The van der Waals surface area contributed by atoms with Gasteiger partial charge in [0, 0.05) is 19.0 Å². The first kappa shape index (κ1) is 20.0. The molecule has 1 aromatic carbocycles. The Bertz CT molecular complexity index is 1040. The van der Waals surface area contributed by atoms with Gasteiger partial charge in [0.2, 0.25) is 5.91 Å². The molecule has 0 saturated carbocycles. The fourth-order valence-corrected chi connectivity index (χ4v) is 3.62. The number of amides is 1. The zero-order chi connectivity index (χ0) is 20.9. The monoisotopic (exact) mass is 403 g/mol. The maximum atomic E-state index is 12.7. The number of aryl methyl sites for hydroxylation is 2. The number of aromatic nitrogens is 2. The lowest BCUT2D eigenvalue weighted by Crippen LogP contribution is -2.41. The van der Waals surface area contributed by atoms with Crippen molar-refractivity contribution in [3.05, 3.63) is 77.3 Å². The predicted molar refractivity (Wildman–Crippen MR) is 115 cm³/mol. The Kier molecular flexibility index (Phi) is 6.05. The average Bonchev–Trinajstić information content (AvgIpc) is 3.19. The molecule has 1 atom stereocenters. The molecule has 2 aromatic heterocycles. The first-order chi connectivity index (χ1) is 14.7. The molecule has 30 heavy (non-hydrogen) atoms. The third kappa shape index (κ3) is 4.33. The largest absolute Gasteiger partial charge is 0.368 e. The molecule has 6 nitrogen and oxygen atoms in total. The SMILES string of the molecule is CCc1onc(C)c1-c1cccc(C2CN(C(=O)/C=C/c3ccccc3)CCO2)n1. The third-order valence-electron chi connectivity index (χ3n) is 5.21. The van der Waals surface area contributed by atoms with Crippen molar-refractivity contribution < 1.29 is 14.1 Å². The van der Waals surface area contributed by atoms with E-state index in [0.29, 0.717) is 19.7 Å². The summed E-state index contributed by atoms with van der Waals surface area (Å²) in [5.74, 6) is 0.802. The van der Waals surface area contributed by atoms with E-state index in [0.717, 1.165) is 40.4 Å². The standard InChI is InChI=1S/C24H25N3O3/c1-3-21-24(17(2)26-30-21)20-11-7-10-19(25-20)22-16-27(14-15-29-22)23(28)13-12-18-8-5-4-6-9-18/h4-13,22H,3,14-16H2,1-2H3/b13-12+. The van der Waals surface area contributed by atoms with Crippen LogP contribution in [0, 0.1) is 6.92 Å². The molecule has 0 N–H and O–H groups in total. The van der Waals surface area contributed by atoms with Crippen LogP contribution in [0.3, 0.4) is 0 Å². The Hall–Kier alpha value is -3.25. The Morgan fingerprint density at radius 3 is 2.83 bits per heavy atom. The number of morpholine rings is 1. The van der Waals surface area contributed by atoms with Crippen LogP contribution in [0.25, 0.3) is 17.3 Å². The summed E-state index contributed by atoms with van der Waals surface area (Å²) in [6.07, 6.45) is 3.94. The van der Waals surface area contributed by atoms with Crippen molar-refractivity contribution in [1.82, 2.24) is 15.0 Å². The van der Waals surface area contributed by atoms with Gasteiger partial charge >= 0.3 is 0 Å². The van der Waals surface area contributed by atoms with Gasteiger partial charge < -0.3 is 14.2 Å². The minimum Gasteiger partial charge on any atom is -0.368 e. The quantitative estimate of drug-likeness (QED) is 0.597. The van der Waals surface area contributed by atoms with Gasteiger partial charge in [0.25, 0.3) is 0 Å². The van der Waals surface area contributed by atoms with Crippen molar-refractivity contribution >= 4 is 12.0 Å². The molecule has 1 saturated heterocycles. The van der Waals surface area contributed by atoms with Crippen LogP contribution in [0.1, 0.15) is 35.7 Å². The maximum absolute atomic E-state index is 12.7. The van der Waals surface area contributed by atoms with E-state index in [-0.39, 0.29) is 12.0 Å². The minimum absolute atomic E-state index is 0.0218. The van der Waals surface area contributed by atoms with E-state index in [2.05, 4.69) is 5.16 Å². The topological polar surface area (TPSA) is 68.5 Å². The summed E-state index contributed by atoms with van der Waals surface area (Å²) in [6.45, 7) is 5.47. The van der Waals surface area contributed by atoms with E-state index in [4.69, 9.17) is 14.2 Å². The van der Waals surface area contributed by atoms with Gasteiger partial charge in [0.05, 0.1) is 35.8 Å². The van der Waals surface area contributed by atoms with Crippen molar-refractivity contribution in [1.29, 1.82) is 0 Å². The number of carbonyl (C=O) groups is 1. The molecule has 0 spiro atoms. The third-order valence-corrected chi connectivity index (χ3v) is 5.21. The number of nitrogens with zero attached hydrogens (tertiary/aromatic N) is 3. The molecule has 4 rings (SSSR count). The molecule has 1 amide bonds. The summed E-state index contributed by atoms with van der Waals surface area (Å²) in [5, 5.41) is 4.08. The number of hydrogen-bond donors (Lipinski definition) is 0. The van der Waals surface area contributed by atoms with E-state index in [9.17, 15) is 4.79 Å². The van der Waals surface area contributed by atoms with Crippen LogP contribution >= 0.6 is 0 Å². The molecule has 3 aromatic rings. The Labute approximate surface area is 176 Å². The number of pyridine rings is 1. The fraction of sp³-hybridized carbons (Fsp3) is 0.292. The molecule has 1 unspecified atom stereocenters. The zero-order valence-electron chi connectivity index (χ0n) is 17.2. The molecule has 6 heteroatoms. The van der Waals surface area contributed by atoms with Crippen molar-refractivity contribution in [3.63, 3.8) is 0 Å². The molecule has 0 radical (unpaired) electrons. The summed E-state index contributed by atoms with van der Waals surface area (Å²) in [7, 11) is 0. The Morgan fingerprint density at radius 2 is 2.03 bits per heavy atom. The van der Waals surface area contributed by atoms with Crippen LogP contribution in [0.4, 0.5) is 0 Å². The van der Waals surface area contributed by atoms with Crippen LogP contribution in [0.15, 0.2) is 59.1 Å². The lowest BCUT2D eigenvalue weighted by atomic mass is 10.1. The minimum atomic E-state index is -0.266. The summed E-state index contributed by atoms with van der Waals surface area (Å²) >= 11 is 0. The van der Waals surface area contributed by atoms with Crippen LogP contribution in [0.5, 0.6) is 0 Å². The van der Waals surface area contributed by atoms with Crippen LogP contribution in [0.2, 0.25) is 0 Å². The van der Waals surface area contributed by atoms with E-state index in [1.807, 2.05) is 73.4 Å². The van der Waals surface area contributed by atoms with Crippen LogP contribution < -0.4 is 0 Å². The first-order valence-corrected chi connectivity index (χ1v) is 10.2. The van der Waals surface area contributed by atoms with Crippen LogP contribution in [-0.4, -0.2) is 40.6 Å². The Morgan fingerprint density at radius 1 is 1.20 bits per heavy atom. The lowest BCUT2D eigenvalue weighted by Gasteiger charge is -2.32. The molecule has 154 valence electrons. The van der Waals surface area contributed by atoms with E-state index in [1.54, 1.807) is 6.08 Å². The molecular weight excluding hydrogens is 378 g/mol. The predicted octanol–water partition coefficient (Wildman–Crippen LogP) is 4.22. The molecule has 0 aliphatic carbocycles. The highest BCUT2D eigenvalue weighted by Crippen LogP contribution is 2.29. The zero-order valence-corrected chi connectivity index (χ0v) is 17.2. The number of ether oxygens (including phenoxy) is 1. The Balaban J connectivity index is 1.50. The fourth-order valence-electron chi connectivity index (χ4n) is 3.62. The molecule has 1 aliphatic rings. The number of carbonyl (C=O) groups excluding carboxylic acids is 1. The lowest BCUT2D eigenvalue weighted by molar-refractivity contribution is -0.133. The highest BCUT2D eigenvalue weighted by Gasteiger charge is 2.26. The van der Waals surface area contributed by atoms with Gasteiger partial charge in [0.15, 0.2) is 0 Å². The summed E-state index contributed by atoms with van der Waals surface area (Å²) in [4.78, 5) is 19.3. The van der Waals surface area contributed by atoms with Crippen LogP contribution in [-0.2, 0) is 16.0 Å². The van der Waals surface area contributed by atoms with Crippen molar-refractivity contribution in [2.75, 3.05) is 19.7 Å². The van der Waals surface area contributed by atoms with E-state index < -0.39 is 0 Å². The summed E-state index contributed by atoms with van der Waals surface area (Å²) < 4.78 is 11.4. The second-order valence-corrected chi connectivity index (χ2v) is 7.26. The molecular formula is C24H25N3O3. The normalized spacial score (nSPS) is 16.9. The number of hydrogen-bond acceptors (Lipinski definition) is 5. The molecule has 1 aliphatic heterocycles. The number of rotatable bonds is 5. The van der Waals surface area contributed by atoms with Gasteiger partial charge in [0.1, 0.15) is 11.9 Å². The average molecular weight is 403 g/mol. The van der Waals surface area contributed by atoms with Gasteiger partial charge in [-0.2, -0.15) is 0 Å².